The van der Waals surface area contributed by atoms with Crippen LogP contribution in [0.4, 0.5) is 17.1 Å². The molecule has 4 heteroatoms. The largest absolute Gasteiger partial charge is 0.478 e. The van der Waals surface area contributed by atoms with Crippen LogP contribution in [0.15, 0.2) is 36.4 Å². The van der Waals surface area contributed by atoms with Crippen LogP contribution in [0.3, 0.4) is 0 Å². The SMILES string of the molecule is Cc1cc(Nc2cccc(C(C)C)c2)cc(C(=O)O)c1N. The fourth-order valence-electron chi connectivity index (χ4n) is 2.19. The summed E-state index contributed by atoms with van der Waals surface area (Å²) < 4.78 is 0. The third-order valence-corrected chi connectivity index (χ3v) is 3.46. The van der Waals surface area contributed by atoms with E-state index >= 15 is 0 Å². The molecule has 2 aromatic carbocycles. The number of carboxylic acid groups (broad SMARTS) is 1. The summed E-state index contributed by atoms with van der Waals surface area (Å²) in [5, 5.41) is 12.4. The first-order valence-corrected chi connectivity index (χ1v) is 6.89. The van der Waals surface area contributed by atoms with E-state index < -0.39 is 5.97 Å². The number of hydrogen-bond acceptors (Lipinski definition) is 3. The molecule has 0 aliphatic carbocycles. The number of hydrogen-bond donors (Lipinski definition) is 3. The molecule has 0 heterocycles. The van der Waals surface area contributed by atoms with Gasteiger partial charge in [0.15, 0.2) is 0 Å². The van der Waals surface area contributed by atoms with Crippen molar-refractivity contribution in [3.05, 3.63) is 53.1 Å². The van der Waals surface area contributed by atoms with E-state index in [4.69, 9.17) is 5.73 Å². The Bertz CT molecular complexity index is 678. The summed E-state index contributed by atoms with van der Waals surface area (Å²) in [5.74, 6) is -0.579. The molecule has 21 heavy (non-hydrogen) atoms. The average Bonchev–Trinajstić information content (AvgIpc) is 2.42. The molecule has 0 aliphatic rings. The number of nitrogen functional groups attached to an aromatic ring is 1. The van der Waals surface area contributed by atoms with Gasteiger partial charge in [-0.3, -0.25) is 0 Å². The van der Waals surface area contributed by atoms with Gasteiger partial charge in [-0.05, 0) is 48.2 Å². The Hall–Kier alpha value is -2.49. The van der Waals surface area contributed by atoms with Crippen molar-refractivity contribution in [2.24, 2.45) is 0 Å². The highest BCUT2D eigenvalue weighted by Crippen LogP contribution is 2.26. The van der Waals surface area contributed by atoms with Crippen LogP contribution < -0.4 is 11.1 Å². The molecule has 110 valence electrons. The number of carbonyl (C=O) groups is 1. The normalized spacial score (nSPS) is 10.7. The van der Waals surface area contributed by atoms with Crippen molar-refractivity contribution < 1.29 is 9.90 Å². The van der Waals surface area contributed by atoms with Gasteiger partial charge in [0, 0.05) is 17.1 Å². The van der Waals surface area contributed by atoms with Crippen LogP contribution in [-0.2, 0) is 0 Å². The number of rotatable bonds is 4. The summed E-state index contributed by atoms with van der Waals surface area (Å²) in [6.45, 7) is 6.07. The van der Waals surface area contributed by atoms with Crippen LogP contribution in [0, 0.1) is 6.92 Å². The third-order valence-electron chi connectivity index (χ3n) is 3.46. The second-order valence-corrected chi connectivity index (χ2v) is 5.46. The quantitative estimate of drug-likeness (QED) is 0.737. The summed E-state index contributed by atoms with van der Waals surface area (Å²) in [4.78, 5) is 11.2. The minimum absolute atomic E-state index is 0.123. The van der Waals surface area contributed by atoms with Crippen molar-refractivity contribution in [2.45, 2.75) is 26.7 Å². The van der Waals surface area contributed by atoms with Gasteiger partial charge in [-0.1, -0.05) is 26.0 Å². The number of nitrogens with two attached hydrogens (primary N) is 1. The minimum atomic E-state index is -1.02. The van der Waals surface area contributed by atoms with Gasteiger partial charge in [-0.25, -0.2) is 4.79 Å². The molecule has 0 spiro atoms. The van der Waals surface area contributed by atoms with Gasteiger partial charge in [0.05, 0.1) is 5.56 Å². The molecular weight excluding hydrogens is 264 g/mol. The number of benzene rings is 2. The lowest BCUT2D eigenvalue weighted by Gasteiger charge is -2.13. The van der Waals surface area contributed by atoms with Crippen molar-refractivity contribution in [3.8, 4) is 0 Å². The maximum absolute atomic E-state index is 11.2. The summed E-state index contributed by atoms with van der Waals surface area (Å²) in [7, 11) is 0. The predicted molar refractivity (Wildman–Crippen MR) is 86.4 cm³/mol. The molecule has 2 rings (SSSR count). The van der Waals surface area contributed by atoms with Crippen molar-refractivity contribution in [1.29, 1.82) is 0 Å². The Morgan fingerprint density at radius 3 is 2.52 bits per heavy atom. The van der Waals surface area contributed by atoms with E-state index in [1.807, 2.05) is 18.2 Å². The predicted octanol–water partition coefficient (Wildman–Crippen LogP) is 4.14. The summed E-state index contributed by atoms with van der Waals surface area (Å²) in [6.07, 6.45) is 0. The van der Waals surface area contributed by atoms with Gasteiger partial charge < -0.3 is 16.2 Å². The second-order valence-electron chi connectivity index (χ2n) is 5.46. The van der Waals surface area contributed by atoms with E-state index in [-0.39, 0.29) is 5.56 Å². The van der Waals surface area contributed by atoms with Crippen molar-refractivity contribution >= 4 is 23.0 Å². The van der Waals surface area contributed by atoms with Crippen LogP contribution in [0.2, 0.25) is 0 Å². The first-order chi connectivity index (χ1) is 9.88. The van der Waals surface area contributed by atoms with E-state index in [2.05, 4.69) is 31.3 Å². The number of carboxylic acids is 1. The lowest BCUT2D eigenvalue weighted by molar-refractivity contribution is 0.0698. The minimum Gasteiger partial charge on any atom is -0.478 e. The van der Waals surface area contributed by atoms with Crippen LogP contribution in [0.5, 0.6) is 0 Å². The van der Waals surface area contributed by atoms with E-state index in [1.165, 1.54) is 5.56 Å². The average molecular weight is 284 g/mol. The van der Waals surface area contributed by atoms with Gasteiger partial charge in [0.2, 0.25) is 0 Å². The van der Waals surface area contributed by atoms with Crippen LogP contribution in [0.25, 0.3) is 0 Å². The highest BCUT2D eigenvalue weighted by Gasteiger charge is 2.12. The lowest BCUT2D eigenvalue weighted by atomic mass is 10.0. The topological polar surface area (TPSA) is 75.3 Å². The monoisotopic (exact) mass is 284 g/mol. The zero-order chi connectivity index (χ0) is 15.6. The van der Waals surface area contributed by atoms with E-state index in [9.17, 15) is 9.90 Å². The first kappa shape index (κ1) is 14.9. The van der Waals surface area contributed by atoms with Gasteiger partial charge in [0.1, 0.15) is 0 Å². The van der Waals surface area contributed by atoms with Crippen molar-refractivity contribution in [3.63, 3.8) is 0 Å². The zero-order valence-corrected chi connectivity index (χ0v) is 12.5. The molecule has 0 unspecified atom stereocenters. The highest BCUT2D eigenvalue weighted by atomic mass is 16.4. The number of aryl methyl sites for hydroxylation is 1. The summed E-state index contributed by atoms with van der Waals surface area (Å²) >= 11 is 0. The molecule has 0 atom stereocenters. The molecule has 0 radical (unpaired) electrons. The van der Waals surface area contributed by atoms with Crippen LogP contribution in [0.1, 0.15) is 41.3 Å². The number of aromatic carboxylic acids is 1. The van der Waals surface area contributed by atoms with Gasteiger partial charge in [-0.2, -0.15) is 0 Å². The molecule has 0 aromatic heterocycles. The molecular formula is C17H20N2O2. The maximum atomic E-state index is 11.2. The zero-order valence-electron chi connectivity index (χ0n) is 12.5. The van der Waals surface area contributed by atoms with E-state index in [0.717, 1.165) is 16.9 Å². The van der Waals surface area contributed by atoms with Crippen molar-refractivity contribution in [1.82, 2.24) is 0 Å². The second kappa shape index (κ2) is 5.87. The van der Waals surface area contributed by atoms with Crippen LogP contribution >= 0.6 is 0 Å². The van der Waals surface area contributed by atoms with Crippen LogP contribution in [-0.4, -0.2) is 11.1 Å². The molecule has 0 aliphatic heterocycles. The van der Waals surface area contributed by atoms with Crippen molar-refractivity contribution in [2.75, 3.05) is 11.1 Å². The molecule has 0 bridgehead atoms. The smallest absolute Gasteiger partial charge is 0.337 e. The fraction of sp³-hybridized carbons (Fsp3) is 0.235. The first-order valence-electron chi connectivity index (χ1n) is 6.89. The Labute approximate surface area is 124 Å². The summed E-state index contributed by atoms with van der Waals surface area (Å²) in [5.41, 5.74) is 9.86. The van der Waals surface area contributed by atoms with E-state index in [1.54, 1.807) is 13.0 Å². The molecule has 0 fully saturated rings. The number of anilines is 3. The third kappa shape index (κ3) is 3.34. The lowest BCUT2D eigenvalue weighted by Crippen LogP contribution is -2.05. The van der Waals surface area contributed by atoms with E-state index in [0.29, 0.717) is 11.6 Å². The van der Waals surface area contributed by atoms with Gasteiger partial charge in [0.25, 0.3) is 0 Å². The van der Waals surface area contributed by atoms with Gasteiger partial charge >= 0.3 is 5.97 Å². The molecule has 4 N–H and O–H groups in total. The standard InChI is InChI=1S/C17H20N2O2/c1-10(2)12-5-4-6-13(8-12)19-14-7-11(3)16(18)15(9-14)17(20)21/h4-10,19H,18H2,1-3H3,(H,20,21). The maximum Gasteiger partial charge on any atom is 0.337 e. The Balaban J connectivity index is 2.36. The molecule has 0 amide bonds. The Kier molecular flexibility index (Phi) is 4.17. The molecule has 4 nitrogen and oxygen atoms in total. The highest BCUT2D eigenvalue weighted by molar-refractivity contribution is 5.96. The van der Waals surface area contributed by atoms with Gasteiger partial charge in [-0.15, -0.1) is 0 Å². The molecule has 0 saturated carbocycles. The molecule has 0 saturated heterocycles. The fourth-order valence-corrected chi connectivity index (χ4v) is 2.19. The summed E-state index contributed by atoms with van der Waals surface area (Å²) in [6, 6.07) is 11.5. The Morgan fingerprint density at radius 2 is 1.90 bits per heavy atom. The Morgan fingerprint density at radius 1 is 1.19 bits per heavy atom. The molecule has 2 aromatic rings. The number of nitrogens with one attached hydrogen (secondary N) is 1.